The molecular weight excluding hydrogens is 309 g/mol. The van der Waals surface area contributed by atoms with Crippen LogP contribution in [0.2, 0.25) is 0 Å². The zero-order valence-corrected chi connectivity index (χ0v) is 14.0. The summed E-state index contributed by atoms with van der Waals surface area (Å²) in [6, 6.07) is 9.24. The van der Waals surface area contributed by atoms with Crippen LogP contribution in [0.4, 0.5) is 15.8 Å². The van der Waals surface area contributed by atoms with Crippen LogP contribution in [0.1, 0.15) is 23.6 Å². The summed E-state index contributed by atoms with van der Waals surface area (Å²) >= 11 is 0. The quantitative estimate of drug-likeness (QED) is 0.345. The molecule has 0 unspecified atom stereocenters. The fourth-order valence-corrected chi connectivity index (χ4v) is 2.28. The van der Waals surface area contributed by atoms with Crippen molar-refractivity contribution in [2.75, 3.05) is 13.6 Å². The summed E-state index contributed by atoms with van der Waals surface area (Å²) in [5.41, 5.74) is 2.99. The van der Waals surface area contributed by atoms with E-state index >= 15 is 0 Å². The maximum Gasteiger partial charge on any atom is 0.269 e. The minimum Gasteiger partial charge on any atom is -0.366 e. The minimum absolute atomic E-state index is 0.0318. The first-order chi connectivity index (χ1) is 11.4. The Labute approximate surface area is 140 Å². The van der Waals surface area contributed by atoms with Gasteiger partial charge in [0.05, 0.1) is 16.9 Å². The summed E-state index contributed by atoms with van der Waals surface area (Å²) in [5, 5.41) is 10.9. The van der Waals surface area contributed by atoms with Crippen LogP contribution in [0, 0.1) is 22.9 Å². The van der Waals surface area contributed by atoms with Gasteiger partial charge in [0.2, 0.25) is 0 Å². The number of nitrogens with zero attached hydrogens (tertiary/aromatic N) is 3. The van der Waals surface area contributed by atoms with Crippen molar-refractivity contribution in [2.24, 2.45) is 4.99 Å². The lowest BCUT2D eigenvalue weighted by Crippen LogP contribution is -2.14. The van der Waals surface area contributed by atoms with Gasteiger partial charge in [0.15, 0.2) is 0 Å². The molecular formula is C18H20FN3O2. The Morgan fingerprint density at radius 3 is 2.75 bits per heavy atom. The molecule has 2 aromatic rings. The van der Waals surface area contributed by atoms with Crippen LogP contribution in [-0.4, -0.2) is 29.8 Å². The average molecular weight is 329 g/mol. The van der Waals surface area contributed by atoms with Crippen molar-refractivity contribution in [1.82, 2.24) is 4.90 Å². The molecule has 5 nitrogen and oxygen atoms in total. The molecule has 0 aromatic heterocycles. The number of nitro benzene ring substituents is 1. The lowest BCUT2D eigenvalue weighted by Gasteiger charge is -2.12. The van der Waals surface area contributed by atoms with Crippen LogP contribution >= 0.6 is 0 Å². The van der Waals surface area contributed by atoms with Gasteiger partial charge in [-0.05, 0) is 49.1 Å². The lowest BCUT2D eigenvalue weighted by atomic mass is 9.99. The Morgan fingerprint density at radius 1 is 1.33 bits per heavy atom. The first-order valence-corrected chi connectivity index (χ1v) is 7.67. The lowest BCUT2D eigenvalue weighted by molar-refractivity contribution is -0.384. The van der Waals surface area contributed by atoms with E-state index in [1.807, 2.05) is 25.8 Å². The number of nitro groups is 1. The van der Waals surface area contributed by atoms with Gasteiger partial charge in [-0.15, -0.1) is 0 Å². The highest BCUT2D eigenvalue weighted by molar-refractivity contribution is 5.64. The van der Waals surface area contributed by atoms with Gasteiger partial charge in [0.1, 0.15) is 5.82 Å². The molecule has 0 aliphatic heterocycles. The molecule has 24 heavy (non-hydrogen) atoms. The third-order valence-corrected chi connectivity index (χ3v) is 3.86. The fourth-order valence-electron chi connectivity index (χ4n) is 2.28. The molecule has 6 heteroatoms. The highest BCUT2D eigenvalue weighted by Gasteiger charge is 2.10. The van der Waals surface area contributed by atoms with Gasteiger partial charge in [-0.1, -0.05) is 12.1 Å². The number of hydrogen-bond donors (Lipinski definition) is 0. The number of aliphatic imine (C=N–C) groups is 1. The molecule has 0 aliphatic carbocycles. The summed E-state index contributed by atoms with van der Waals surface area (Å²) in [5.74, 6) is -0.368. The van der Waals surface area contributed by atoms with E-state index in [4.69, 9.17) is 0 Å². The van der Waals surface area contributed by atoms with Crippen molar-refractivity contribution >= 4 is 17.7 Å². The first kappa shape index (κ1) is 17.6. The zero-order chi connectivity index (χ0) is 17.7. The van der Waals surface area contributed by atoms with Crippen LogP contribution in [0.15, 0.2) is 41.4 Å². The predicted molar refractivity (Wildman–Crippen MR) is 93.5 cm³/mol. The van der Waals surface area contributed by atoms with E-state index < -0.39 is 4.92 Å². The van der Waals surface area contributed by atoms with Crippen molar-refractivity contribution in [3.8, 4) is 0 Å². The van der Waals surface area contributed by atoms with Crippen LogP contribution in [0.25, 0.3) is 0 Å². The molecule has 0 saturated carbocycles. The minimum atomic E-state index is -0.432. The Hall–Kier alpha value is -2.76. The maximum absolute atomic E-state index is 13.9. The van der Waals surface area contributed by atoms with Crippen molar-refractivity contribution in [1.29, 1.82) is 0 Å². The van der Waals surface area contributed by atoms with E-state index in [-0.39, 0.29) is 11.5 Å². The van der Waals surface area contributed by atoms with Gasteiger partial charge in [-0.3, -0.25) is 10.1 Å². The number of rotatable bonds is 6. The van der Waals surface area contributed by atoms with Gasteiger partial charge in [-0.2, -0.15) is 0 Å². The Kier molecular flexibility index (Phi) is 5.63. The summed E-state index contributed by atoms with van der Waals surface area (Å²) in [7, 11) is 1.89. The van der Waals surface area contributed by atoms with E-state index in [9.17, 15) is 14.5 Å². The normalized spacial score (nSPS) is 11.0. The highest BCUT2D eigenvalue weighted by Crippen LogP contribution is 2.26. The molecule has 0 aliphatic rings. The number of halogens is 1. The molecule has 0 N–H and O–H groups in total. The van der Waals surface area contributed by atoms with Crippen LogP contribution in [-0.2, 0) is 6.42 Å². The highest BCUT2D eigenvalue weighted by atomic mass is 19.1. The van der Waals surface area contributed by atoms with E-state index in [0.29, 0.717) is 12.1 Å². The van der Waals surface area contributed by atoms with Crippen LogP contribution in [0.3, 0.4) is 0 Å². The second kappa shape index (κ2) is 7.68. The molecule has 0 radical (unpaired) electrons. The molecule has 0 fully saturated rings. The fraction of sp³-hybridized carbons (Fsp3) is 0.278. The molecule has 0 spiro atoms. The van der Waals surface area contributed by atoms with E-state index in [1.54, 1.807) is 18.5 Å². The standard InChI is InChI=1S/C18H20FN3O2/c1-4-21(3)12-20-18-11-16(19)10-15(13(18)2)8-14-6-5-7-17(9-14)22(23)24/h5-7,9-12H,4,8H2,1-3H3/b20-12+. The second-order valence-corrected chi connectivity index (χ2v) is 5.63. The van der Waals surface area contributed by atoms with Gasteiger partial charge in [0, 0.05) is 25.7 Å². The molecule has 2 rings (SSSR count). The molecule has 0 atom stereocenters. The molecule has 0 heterocycles. The van der Waals surface area contributed by atoms with Gasteiger partial charge < -0.3 is 4.90 Å². The van der Waals surface area contributed by atoms with Gasteiger partial charge >= 0.3 is 0 Å². The van der Waals surface area contributed by atoms with Crippen molar-refractivity contribution in [2.45, 2.75) is 20.3 Å². The zero-order valence-electron chi connectivity index (χ0n) is 14.0. The third kappa shape index (κ3) is 4.38. The number of non-ortho nitro benzene ring substituents is 1. The SMILES string of the molecule is CCN(C)/C=N/c1cc(F)cc(Cc2cccc([N+](=O)[O-])c2)c1C. The predicted octanol–water partition coefficient (Wildman–Crippen LogP) is 4.24. The molecule has 0 amide bonds. The smallest absolute Gasteiger partial charge is 0.269 e. The van der Waals surface area contributed by atoms with Gasteiger partial charge in [0.25, 0.3) is 5.69 Å². The topological polar surface area (TPSA) is 58.7 Å². The largest absolute Gasteiger partial charge is 0.366 e. The number of hydrogen-bond acceptors (Lipinski definition) is 3. The van der Waals surface area contributed by atoms with Gasteiger partial charge in [-0.25, -0.2) is 9.38 Å². The molecule has 0 saturated heterocycles. The molecule has 126 valence electrons. The van der Waals surface area contributed by atoms with E-state index in [0.717, 1.165) is 23.2 Å². The Morgan fingerprint density at radius 2 is 2.08 bits per heavy atom. The summed E-state index contributed by atoms with van der Waals surface area (Å²) in [4.78, 5) is 16.7. The number of benzene rings is 2. The van der Waals surface area contributed by atoms with E-state index in [1.165, 1.54) is 24.3 Å². The Bertz CT molecular complexity index is 775. The summed E-state index contributed by atoms with van der Waals surface area (Å²) in [6.07, 6.45) is 2.08. The molecule has 2 aromatic carbocycles. The van der Waals surface area contributed by atoms with Crippen LogP contribution < -0.4 is 0 Å². The average Bonchev–Trinajstić information content (AvgIpc) is 2.56. The van der Waals surface area contributed by atoms with E-state index in [2.05, 4.69) is 4.99 Å². The molecule has 0 bridgehead atoms. The Balaban J connectivity index is 2.34. The van der Waals surface area contributed by atoms with Crippen molar-refractivity contribution < 1.29 is 9.31 Å². The van der Waals surface area contributed by atoms with Crippen LogP contribution in [0.5, 0.6) is 0 Å². The summed E-state index contributed by atoms with van der Waals surface area (Å²) in [6.45, 7) is 4.68. The van der Waals surface area contributed by atoms with Crippen molar-refractivity contribution in [3.05, 3.63) is 69.0 Å². The maximum atomic E-state index is 13.9. The third-order valence-electron chi connectivity index (χ3n) is 3.86. The first-order valence-electron chi connectivity index (χ1n) is 7.67. The monoisotopic (exact) mass is 329 g/mol. The van der Waals surface area contributed by atoms with Crippen molar-refractivity contribution in [3.63, 3.8) is 0 Å². The summed E-state index contributed by atoms with van der Waals surface area (Å²) < 4.78 is 13.9. The second-order valence-electron chi connectivity index (χ2n) is 5.63.